The third-order valence-electron chi connectivity index (χ3n) is 4.07. The Morgan fingerprint density at radius 1 is 1.45 bits per heavy atom. The van der Waals surface area contributed by atoms with Crippen LogP contribution >= 0.6 is 23.2 Å². The van der Waals surface area contributed by atoms with Gasteiger partial charge in [-0.15, -0.1) is 0 Å². The topological polar surface area (TPSA) is 40.5 Å². The predicted molar refractivity (Wildman–Crippen MR) is 81.3 cm³/mol. The van der Waals surface area contributed by atoms with E-state index in [9.17, 15) is 9.90 Å². The highest BCUT2D eigenvalue weighted by Gasteiger charge is 2.32. The number of rotatable bonds is 4. The lowest BCUT2D eigenvalue weighted by Gasteiger charge is -2.37. The first-order chi connectivity index (χ1) is 9.51. The number of hydrogen-bond acceptors (Lipinski definition) is 2. The standard InChI is InChI=1S/C15H19Cl2NO2/c1-2-10-5-6-18(14(7-10)15(19)20)9-11-8-12(16)3-4-13(11)17/h3-4,8,10,14H,2,5-7,9H2,1H3,(H,19,20). The van der Waals surface area contributed by atoms with Crippen LogP contribution in [0.25, 0.3) is 0 Å². The molecule has 1 fully saturated rings. The van der Waals surface area contributed by atoms with Crippen LogP contribution in [-0.4, -0.2) is 28.6 Å². The van der Waals surface area contributed by atoms with E-state index in [0.717, 1.165) is 24.9 Å². The number of nitrogens with zero attached hydrogens (tertiary/aromatic N) is 1. The second-order valence-corrected chi connectivity index (χ2v) is 6.20. The molecule has 20 heavy (non-hydrogen) atoms. The molecule has 0 radical (unpaired) electrons. The van der Waals surface area contributed by atoms with E-state index in [2.05, 4.69) is 6.92 Å². The molecule has 1 aliphatic heterocycles. The first-order valence-corrected chi connectivity index (χ1v) is 7.67. The monoisotopic (exact) mass is 315 g/mol. The van der Waals surface area contributed by atoms with Crippen molar-refractivity contribution in [1.82, 2.24) is 4.90 Å². The summed E-state index contributed by atoms with van der Waals surface area (Å²) in [4.78, 5) is 13.5. The minimum atomic E-state index is -0.749. The van der Waals surface area contributed by atoms with Crippen LogP contribution in [0, 0.1) is 5.92 Å². The van der Waals surface area contributed by atoms with Crippen molar-refractivity contribution in [1.29, 1.82) is 0 Å². The van der Waals surface area contributed by atoms with Gasteiger partial charge in [0.25, 0.3) is 0 Å². The summed E-state index contributed by atoms with van der Waals surface area (Å²) >= 11 is 12.2. The van der Waals surface area contributed by atoms with Gasteiger partial charge in [-0.1, -0.05) is 36.5 Å². The number of piperidine rings is 1. The maximum Gasteiger partial charge on any atom is 0.320 e. The number of carboxylic acid groups (broad SMARTS) is 1. The average molecular weight is 316 g/mol. The summed E-state index contributed by atoms with van der Waals surface area (Å²) < 4.78 is 0. The van der Waals surface area contributed by atoms with E-state index in [1.807, 2.05) is 11.0 Å². The van der Waals surface area contributed by atoms with Crippen LogP contribution in [0.15, 0.2) is 18.2 Å². The molecule has 1 aromatic carbocycles. The number of aliphatic carboxylic acids is 1. The third-order valence-corrected chi connectivity index (χ3v) is 4.67. The van der Waals surface area contributed by atoms with E-state index in [1.165, 1.54) is 0 Å². The Morgan fingerprint density at radius 3 is 2.85 bits per heavy atom. The van der Waals surface area contributed by atoms with Crippen LogP contribution in [0.1, 0.15) is 31.7 Å². The quantitative estimate of drug-likeness (QED) is 0.910. The van der Waals surface area contributed by atoms with Gasteiger partial charge in [0, 0.05) is 16.6 Å². The fraction of sp³-hybridized carbons (Fsp3) is 0.533. The first-order valence-electron chi connectivity index (χ1n) is 6.92. The van der Waals surface area contributed by atoms with Crippen LogP contribution in [0.3, 0.4) is 0 Å². The number of halogens is 2. The Labute approximate surface area is 129 Å². The fourth-order valence-electron chi connectivity index (χ4n) is 2.79. The molecule has 1 aromatic rings. The van der Waals surface area contributed by atoms with Crippen molar-refractivity contribution in [3.8, 4) is 0 Å². The molecule has 2 atom stereocenters. The molecule has 1 N–H and O–H groups in total. The molecule has 5 heteroatoms. The van der Waals surface area contributed by atoms with E-state index < -0.39 is 12.0 Å². The first kappa shape index (κ1) is 15.6. The highest BCUT2D eigenvalue weighted by molar-refractivity contribution is 6.33. The van der Waals surface area contributed by atoms with Crippen molar-refractivity contribution in [2.75, 3.05) is 6.54 Å². The lowest BCUT2D eigenvalue weighted by atomic mass is 9.88. The molecule has 0 bridgehead atoms. The molecule has 3 nitrogen and oxygen atoms in total. The van der Waals surface area contributed by atoms with Gasteiger partial charge in [0.1, 0.15) is 6.04 Å². The van der Waals surface area contributed by atoms with Crippen molar-refractivity contribution in [2.45, 2.75) is 38.8 Å². The summed E-state index contributed by atoms with van der Waals surface area (Å²) in [6, 6.07) is 4.89. The highest BCUT2D eigenvalue weighted by atomic mass is 35.5. The zero-order valence-electron chi connectivity index (χ0n) is 11.5. The predicted octanol–water partition coefficient (Wildman–Crippen LogP) is 4.07. The van der Waals surface area contributed by atoms with E-state index in [0.29, 0.717) is 28.9 Å². The van der Waals surface area contributed by atoms with Crippen molar-refractivity contribution in [2.24, 2.45) is 5.92 Å². The Kier molecular flexibility index (Phi) is 5.30. The molecule has 1 aliphatic rings. The molecule has 2 unspecified atom stereocenters. The van der Waals surface area contributed by atoms with E-state index in [-0.39, 0.29) is 0 Å². The largest absolute Gasteiger partial charge is 0.480 e. The van der Waals surface area contributed by atoms with Gasteiger partial charge in [0.2, 0.25) is 0 Å². The second kappa shape index (κ2) is 6.79. The summed E-state index contributed by atoms with van der Waals surface area (Å²) in [5, 5.41) is 10.7. The maximum atomic E-state index is 11.5. The van der Waals surface area contributed by atoms with Crippen LogP contribution in [0.5, 0.6) is 0 Å². The fourth-order valence-corrected chi connectivity index (χ4v) is 3.16. The van der Waals surface area contributed by atoms with Crippen molar-refractivity contribution < 1.29 is 9.90 Å². The Balaban J connectivity index is 2.14. The smallest absolute Gasteiger partial charge is 0.320 e. The zero-order valence-corrected chi connectivity index (χ0v) is 13.0. The number of hydrogen-bond donors (Lipinski definition) is 1. The molecule has 0 amide bonds. The summed E-state index contributed by atoms with van der Waals surface area (Å²) in [6.07, 6.45) is 2.79. The van der Waals surface area contributed by atoms with Gasteiger partial charge in [-0.3, -0.25) is 9.69 Å². The average Bonchev–Trinajstić information content (AvgIpc) is 2.43. The minimum Gasteiger partial charge on any atom is -0.480 e. The van der Waals surface area contributed by atoms with Crippen molar-refractivity contribution >= 4 is 29.2 Å². The SMILES string of the molecule is CCC1CCN(Cc2cc(Cl)ccc2Cl)C(C(=O)O)C1. The Bertz CT molecular complexity index is 493. The third kappa shape index (κ3) is 3.66. The molecule has 1 saturated heterocycles. The Hall–Kier alpha value is -0.770. The van der Waals surface area contributed by atoms with Crippen molar-refractivity contribution in [3.05, 3.63) is 33.8 Å². The van der Waals surface area contributed by atoms with Gasteiger partial charge < -0.3 is 5.11 Å². The summed E-state index contributed by atoms with van der Waals surface area (Å²) in [5.41, 5.74) is 0.889. The van der Waals surface area contributed by atoms with Gasteiger partial charge in [0.15, 0.2) is 0 Å². The lowest BCUT2D eigenvalue weighted by Crippen LogP contribution is -2.46. The molecule has 110 valence electrons. The number of carbonyl (C=O) groups is 1. The van der Waals surface area contributed by atoms with Crippen LogP contribution < -0.4 is 0 Å². The van der Waals surface area contributed by atoms with Gasteiger partial charge in [-0.25, -0.2) is 0 Å². The normalized spacial score (nSPS) is 23.8. The molecule has 1 heterocycles. The lowest BCUT2D eigenvalue weighted by molar-refractivity contribution is -0.145. The summed E-state index contributed by atoms with van der Waals surface area (Å²) in [7, 11) is 0. The van der Waals surface area contributed by atoms with Gasteiger partial charge in [-0.2, -0.15) is 0 Å². The molecule has 0 aliphatic carbocycles. The van der Waals surface area contributed by atoms with Gasteiger partial charge in [0.05, 0.1) is 0 Å². The van der Waals surface area contributed by atoms with Crippen molar-refractivity contribution in [3.63, 3.8) is 0 Å². The Morgan fingerprint density at radius 2 is 2.20 bits per heavy atom. The summed E-state index contributed by atoms with van der Waals surface area (Å²) in [6.45, 7) is 3.44. The molecule has 0 aromatic heterocycles. The molecule has 0 spiro atoms. The number of benzene rings is 1. The van der Waals surface area contributed by atoms with E-state index in [1.54, 1.807) is 12.1 Å². The summed E-state index contributed by atoms with van der Waals surface area (Å²) in [5.74, 6) is -0.247. The molecular weight excluding hydrogens is 297 g/mol. The second-order valence-electron chi connectivity index (χ2n) is 5.36. The molecule has 2 rings (SSSR count). The van der Waals surface area contributed by atoms with E-state index in [4.69, 9.17) is 23.2 Å². The zero-order chi connectivity index (χ0) is 14.7. The highest BCUT2D eigenvalue weighted by Crippen LogP contribution is 2.29. The van der Waals surface area contributed by atoms with E-state index >= 15 is 0 Å². The minimum absolute atomic E-state index is 0.427. The van der Waals surface area contributed by atoms with Gasteiger partial charge >= 0.3 is 5.97 Å². The van der Waals surface area contributed by atoms with Gasteiger partial charge in [-0.05, 0) is 49.1 Å². The maximum absolute atomic E-state index is 11.5. The van der Waals surface area contributed by atoms with Crippen LogP contribution in [0.2, 0.25) is 10.0 Å². The number of carboxylic acids is 1. The van der Waals surface area contributed by atoms with Crippen LogP contribution in [-0.2, 0) is 11.3 Å². The molecule has 0 saturated carbocycles. The van der Waals surface area contributed by atoms with Crippen LogP contribution in [0.4, 0.5) is 0 Å². The number of likely N-dealkylation sites (tertiary alicyclic amines) is 1. The molecular formula is C15H19Cl2NO2.